The van der Waals surface area contributed by atoms with Gasteiger partial charge < -0.3 is 29.7 Å². The van der Waals surface area contributed by atoms with Crippen LogP contribution in [0.25, 0.3) is 10.8 Å². The molecule has 0 unspecified atom stereocenters. The summed E-state index contributed by atoms with van der Waals surface area (Å²) >= 11 is 0. The minimum atomic E-state index is -3.79. The van der Waals surface area contributed by atoms with Crippen LogP contribution in [0.5, 0.6) is 11.6 Å². The zero-order chi connectivity index (χ0) is 36.6. The number of aromatic nitrogens is 1. The van der Waals surface area contributed by atoms with E-state index in [0.29, 0.717) is 38.2 Å². The number of benzene rings is 1. The van der Waals surface area contributed by atoms with Crippen LogP contribution in [-0.4, -0.2) is 90.5 Å². The van der Waals surface area contributed by atoms with Gasteiger partial charge >= 0.3 is 6.09 Å². The molecule has 0 radical (unpaired) electrons. The van der Waals surface area contributed by atoms with Crippen LogP contribution in [0.1, 0.15) is 79.8 Å². The molecule has 5 rings (SSSR count). The van der Waals surface area contributed by atoms with Gasteiger partial charge in [-0.3, -0.25) is 14.3 Å². The van der Waals surface area contributed by atoms with Crippen LogP contribution in [0.4, 0.5) is 4.79 Å². The number of rotatable bonds is 12. The van der Waals surface area contributed by atoms with Crippen molar-refractivity contribution in [2.45, 2.75) is 115 Å². The second kappa shape index (κ2) is 14.0. The molecule has 14 heteroatoms. The number of amides is 3. The topological polar surface area (TPSA) is 165 Å². The molecule has 2 aliphatic heterocycles. The van der Waals surface area contributed by atoms with Gasteiger partial charge in [-0.15, -0.1) is 6.58 Å². The molecule has 1 aromatic carbocycles. The molecule has 0 bridgehead atoms. The molecule has 3 amide bonds. The van der Waals surface area contributed by atoms with Gasteiger partial charge in [-0.1, -0.05) is 45.0 Å². The van der Waals surface area contributed by atoms with Crippen LogP contribution in [0.3, 0.4) is 0 Å². The molecule has 2 aromatic rings. The number of fused-ring (bicyclic) bond motifs is 3. The Labute approximate surface area is 294 Å². The first-order valence-electron chi connectivity index (χ1n) is 17.2. The Morgan fingerprint density at radius 1 is 1.10 bits per heavy atom. The van der Waals surface area contributed by atoms with Crippen molar-refractivity contribution in [3.63, 3.8) is 0 Å². The number of sulfonamides is 1. The Morgan fingerprint density at radius 2 is 1.78 bits per heavy atom. The van der Waals surface area contributed by atoms with E-state index in [1.165, 1.54) is 0 Å². The minimum absolute atomic E-state index is 0.127. The molecule has 2 fully saturated rings. The van der Waals surface area contributed by atoms with Gasteiger partial charge in [0.2, 0.25) is 21.8 Å². The molecular formula is C36H51N5O8S. The van der Waals surface area contributed by atoms with Gasteiger partial charge in [-0.05, 0) is 58.4 Å². The summed E-state index contributed by atoms with van der Waals surface area (Å²) < 4.78 is 45.5. The van der Waals surface area contributed by atoms with Crippen molar-refractivity contribution < 1.29 is 37.0 Å². The number of hydrogen-bond acceptors (Lipinski definition) is 10. The van der Waals surface area contributed by atoms with Crippen LogP contribution in [-0.2, 0) is 30.8 Å². The summed E-state index contributed by atoms with van der Waals surface area (Å²) in [5.41, 5.74) is -2.00. The molecule has 3 N–H and O–H groups in total. The Morgan fingerprint density at radius 3 is 2.40 bits per heavy atom. The molecule has 1 aliphatic carbocycles. The molecule has 274 valence electrons. The van der Waals surface area contributed by atoms with Gasteiger partial charge in [0, 0.05) is 36.2 Å². The van der Waals surface area contributed by atoms with Gasteiger partial charge in [0.05, 0.1) is 29.6 Å². The second-order valence-corrected chi connectivity index (χ2v) is 17.7. The monoisotopic (exact) mass is 713 g/mol. The smallest absolute Gasteiger partial charge is 0.408 e. The average molecular weight is 714 g/mol. The van der Waals surface area contributed by atoms with Crippen LogP contribution in [0, 0.1) is 5.41 Å². The van der Waals surface area contributed by atoms with E-state index in [2.05, 4.69) is 21.9 Å². The summed E-state index contributed by atoms with van der Waals surface area (Å²) in [6.07, 6.45) is 2.55. The molecule has 3 aliphatic rings. The average Bonchev–Trinajstić information content (AvgIpc) is 3.65. The van der Waals surface area contributed by atoms with E-state index in [1.807, 2.05) is 45.0 Å². The summed E-state index contributed by atoms with van der Waals surface area (Å²) in [7, 11) is -3.79. The predicted molar refractivity (Wildman–Crippen MR) is 189 cm³/mol. The van der Waals surface area contributed by atoms with E-state index < -0.39 is 62.0 Å². The molecular weight excluding hydrogens is 662 g/mol. The predicted octanol–water partition coefficient (Wildman–Crippen LogP) is 3.99. The van der Waals surface area contributed by atoms with E-state index in [0.717, 1.165) is 22.2 Å². The summed E-state index contributed by atoms with van der Waals surface area (Å²) in [6, 6.07) is 6.27. The van der Waals surface area contributed by atoms with Crippen LogP contribution < -0.4 is 24.8 Å². The van der Waals surface area contributed by atoms with E-state index in [1.54, 1.807) is 38.7 Å². The van der Waals surface area contributed by atoms with E-state index in [9.17, 15) is 22.8 Å². The van der Waals surface area contributed by atoms with Gasteiger partial charge in [0.1, 0.15) is 23.5 Å². The fourth-order valence-electron chi connectivity index (χ4n) is 6.33. The first-order valence-corrected chi connectivity index (χ1v) is 18.8. The first kappa shape index (κ1) is 37.3. The van der Waals surface area contributed by atoms with E-state index in [-0.39, 0.29) is 25.4 Å². The van der Waals surface area contributed by atoms with Gasteiger partial charge in [0.15, 0.2) is 0 Å². The molecule has 1 saturated carbocycles. The number of ether oxygens (including phenoxy) is 3. The Kier molecular flexibility index (Phi) is 10.5. The van der Waals surface area contributed by atoms with Crippen LogP contribution in [0.2, 0.25) is 0 Å². The highest BCUT2D eigenvalue weighted by Gasteiger charge is 2.46. The quantitative estimate of drug-likeness (QED) is 0.274. The SMILES string of the molecule is C=CC[C@@](C)(NC[C@@H]1C[C@@H](Oc2nc3c(c4ccccc24)OCC3)CN1C(=O)[C@@H](NC(=O)OC(C)(C)C)C(C)(C)C)C(=O)NS(=O)(=O)C1CC1. The molecule has 3 heterocycles. The number of carbonyl (C=O) groups excluding carboxylic acids is 3. The molecule has 1 saturated heterocycles. The van der Waals surface area contributed by atoms with Crippen LogP contribution >= 0.6 is 0 Å². The van der Waals surface area contributed by atoms with Gasteiger partial charge in [0.25, 0.3) is 5.91 Å². The summed E-state index contributed by atoms with van der Waals surface area (Å²) in [5.74, 6) is 0.162. The molecule has 0 spiro atoms. The Hall–Kier alpha value is -3.91. The fourth-order valence-corrected chi connectivity index (χ4v) is 7.73. The standard InChI is InChI=1S/C36H51N5O8S/c1-9-17-36(8,32(43)40-50(45,46)24-14-15-24)37-20-22-19-23(48-30-26-13-11-10-12-25(26)28-27(38-30)16-18-47-28)21-41(22)31(42)29(34(2,3)4)39-33(44)49-35(5,6)7/h9-13,22-24,29,37H,1,14-21H2,2-8H3,(H,39,44)(H,40,43)/t22-,23+,29+,36+/m0/s1. The van der Waals surface area contributed by atoms with E-state index >= 15 is 0 Å². The number of carbonyl (C=O) groups is 3. The molecule has 13 nitrogen and oxygen atoms in total. The molecule has 50 heavy (non-hydrogen) atoms. The number of alkyl carbamates (subject to hydrolysis) is 1. The lowest BCUT2D eigenvalue weighted by Crippen LogP contribution is -2.60. The normalized spacial score (nSPS) is 21.1. The maximum atomic E-state index is 14.5. The van der Waals surface area contributed by atoms with Crippen molar-refractivity contribution in [1.82, 2.24) is 25.2 Å². The third kappa shape index (κ3) is 8.51. The third-order valence-corrected chi connectivity index (χ3v) is 11.0. The summed E-state index contributed by atoms with van der Waals surface area (Å²) in [6.45, 7) is 17.1. The van der Waals surface area contributed by atoms with Crippen molar-refractivity contribution in [1.29, 1.82) is 0 Å². The van der Waals surface area contributed by atoms with Crippen molar-refractivity contribution in [3.8, 4) is 11.6 Å². The number of pyridine rings is 1. The lowest BCUT2D eigenvalue weighted by atomic mass is 9.85. The highest BCUT2D eigenvalue weighted by Crippen LogP contribution is 2.38. The first-order chi connectivity index (χ1) is 23.3. The number of hydrogen-bond donors (Lipinski definition) is 3. The molecule has 4 atom stereocenters. The lowest BCUT2D eigenvalue weighted by molar-refractivity contribution is -0.137. The lowest BCUT2D eigenvalue weighted by Gasteiger charge is -2.37. The largest absolute Gasteiger partial charge is 0.491 e. The number of likely N-dealkylation sites (tertiary alicyclic amines) is 1. The Balaban J connectivity index is 1.43. The number of nitrogens with one attached hydrogen (secondary N) is 3. The molecule has 1 aromatic heterocycles. The van der Waals surface area contributed by atoms with Crippen molar-refractivity contribution >= 4 is 38.7 Å². The minimum Gasteiger partial charge on any atom is -0.491 e. The second-order valence-electron chi connectivity index (χ2n) is 15.8. The fraction of sp³-hybridized carbons (Fsp3) is 0.611. The summed E-state index contributed by atoms with van der Waals surface area (Å²) in [5, 5.41) is 7.18. The van der Waals surface area contributed by atoms with Crippen LogP contribution in [0.15, 0.2) is 36.9 Å². The van der Waals surface area contributed by atoms with Gasteiger partial charge in [-0.2, -0.15) is 0 Å². The zero-order valence-corrected chi connectivity index (χ0v) is 30.9. The van der Waals surface area contributed by atoms with E-state index in [4.69, 9.17) is 19.2 Å². The van der Waals surface area contributed by atoms with Crippen molar-refractivity contribution in [2.75, 3.05) is 19.7 Å². The highest BCUT2D eigenvalue weighted by molar-refractivity contribution is 7.90. The van der Waals surface area contributed by atoms with Crippen molar-refractivity contribution in [2.24, 2.45) is 5.41 Å². The van der Waals surface area contributed by atoms with Crippen molar-refractivity contribution in [3.05, 3.63) is 42.6 Å². The zero-order valence-electron chi connectivity index (χ0n) is 30.1. The maximum absolute atomic E-state index is 14.5. The Bertz CT molecular complexity index is 1750. The third-order valence-electron chi connectivity index (χ3n) is 9.18. The summed E-state index contributed by atoms with van der Waals surface area (Å²) in [4.78, 5) is 47.3. The van der Waals surface area contributed by atoms with Gasteiger partial charge in [-0.25, -0.2) is 18.2 Å². The highest BCUT2D eigenvalue weighted by atomic mass is 32.2. The number of nitrogens with zero attached hydrogens (tertiary/aromatic N) is 2. The maximum Gasteiger partial charge on any atom is 0.408 e.